The van der Waals surface area contributed by atoms with Crippen molar-refractivity contribution in [2.24, 2.45) is 0 Å². The number of amides is 1. The molecule has 0 spiro atoms. The Labute approximate surface area is 172 Å². The van der Waals surface area contributed by atoms with Gasteiger partial charge in [-0.25, -0.2) is 12.8 Å². The number of ether oxygens (including phenoxy) is 1. The summed E-state index contributed by atoms with van der Waals surface area (Å²) in [6.45, 7) is 6.80. The van der Waals surface area contributed by atoms with Gasteiger partial charge in [0.1, 0.15) is 22.9 Å². The predicted molar refractivity (Wildman–Crippen MR) is 107 cm³/mol. The Kier molecular flexibility index (Phi) is 8.73. The van der Waals surface area contributed by atoms with Gasteiger partial charge in [0, 0.05) is 13.1 Å². The fourth-order valence-electron chi connectivity index (χ4n) is 2.40. The van der Waals surface area contributed by atoms with E-state index >= 15 is 0 Å². The van der Waals surface area contributed by atoms with Gasteiger partial charge in [-0.15, -0.1) is 0 Å². The fourth-order valence-corrected chi connectivity index (χ4v) is 3.68. The Hall–Kier alpha value is -2.04. The van der Waals surface area contributed by atoms with Gasteiger partial charge < -0.3 is 14.5 Å². The Bertz CT molecular complexity index is 821. The lowest BCUT2D eigenvalue weighted by Crippen LogP contribution is -2.50. The molecule has 1 amide bonds. The highest BCUT2D eigenvalue weighted by Gasteiger charge is 2.29. The molecule has 0 unspecified atom stereocenters. The molecule has 1 aromatic carbocycles. The van der Waals surface area contributed by atoms with E-state index in [1.165, 1.54) is 24.0 Å². The van der Waals surface area contributed by atoms with Gasteiger partial charge in [-0.1, -0.05) is 12.1 Å². The van der Waals surface area contributed by atoms with Crippen LogP contribution < -0.4 is 4.72 Å². The van der Waals surface area contributed by atoms with E-state index in [1.807, 2.05) is 4.90 Å². The third kappa shape index (κ3) is 8.46. The lowest BCUT2D eigenvalue weighted by molar-refractivity contribution is -0.159. The molecular weight excluding hydrogens is 401 g/mol. The third-order valence-electron chi connectivity index (χ3n) is 3.70. The van der Waals surface area contributed by atoms with Crippen LogP contribution in [0.25, 0.3) is 0 Å². The number of carbonyl (C=O) groups is 2. The minimum Gasteiger partial charge on any atom is -0.459 e. The highest BCUT2D eigenvalue weighted by Crippen LogP contribution is 2.14. The van der Waals surface area contributed by atoms with Crippen molar-refractivity contribution in [3.63, 3.8) is 0 Å². The highest BCUT2D eigenvalue weighted by molar-refractivity contribution is 7.89. The number of carbonyl (C=O) groups excluding carboxylic acids is 2. The molecule has 0 aliphatic carbocycles. The number of benzene rings is 1. The molecule has 0 saturated carbocycles. The molecule has 0 aliphatic heterocycles. The smallest absolute Gasteiger partial charge is 0.326 e. The standard InChI is InChI=1S/C19H30FN3O5S/c1-14(21-29(26,27)16-10-8-7-9-15(16)20)18(25)23(12-11-22(5)6)13-17(24)28-19(2,3)4/h7-10,14,21H,11-13H2,1-6H3/t14-/m0/s1. The molecule has 0 aliphatic rings. The van der Waals surface area contributed by atoms with Crippen LogP contribution in [0.4, 0.5) is 4.39 Å². The van der Waals surface area contributed by atoms with Crippen molar-refractivity contribution in [1.29, 1.82) is 0 Å². The fraction of sp³-hybridized carbons (Fsp3) is 0.579. The number of likely N-dealkylation sites (N-methyl/N-ethyl adjacent to an activating group) is 1. The summed E-state index contributed by atoms with van der Waals surface area (Å²) in [5.74, 6) is -2.13. The number of halogens is 1. The van der Waals surface area contributed by atoms with Crippen LogP contribution in [0.2, 0.25) is 0 Å². The molecule has 1 aromatic rings. The largest absolute Gasteiger partial charge is 0.459 e. The Morgan fingerprint density at radius 1 is 1.17 bits per heavy atom. The van der Waals surface area contributed by atoms with Gasteiger partial charge >= 0.3 is 5.97 Å². The van der Waals surface area contributed by atoms with E-state index < -0.39 is 44.3 Å². The second kappa shape index (κ2) is 10.1. The van der Waals surface area contributed by atoms with E-state index in [1.54, 1.807) is 34.9 Å². The normalized spacial score (nSPS) is 13.2. The predicted octanol–water partition coefficient (Wildman–Crippen LogP) is 1.22. The van der Waals surface area contributed by atoms with Gasteiger partial charge in [-0.2, -0.15) is 4.72 Å². The zero-order valence-corrected chi connectivity index (χ0v) is 18.5. The Morgan fingerprint density at radius 3 is 2.28 bits per heavy atom. The van der Waals surface area contributed by atoms with E-state index in [0.717, 1.165) is 12.1 Å². The molecule has 8 nitrogen and oxygen atoms in total. The summed E-state index contributed by atoms with van der Waals surface area (Å²) in [6, 6.07) is 3.68. The molecule has 1 rings (SSSR count). The molecule has 164 valence electrons. The first-order chi connectivity index (χ1) is 13.2. The molecule has 29 heavy (non-hydrogen) atoms. The van der Waals surface area contributed by atoms with Crippen molar-refractivity contribution in [2.75, 3.05) is 33.7 Å². The number of hydrogen-bond donors (Lipinski definition) is 1. The molecule has 0 bridgehead atoms. The second-order valence-electron chi connectivity index (χ2n) is 7.92. The van der Waals surface area contributed by atoms with Crippen molar-refractivity contribution < 1.29 is 27.1 Å². The summed E-state index contributed by atoms with van der Waals surface area (Å²) < 4.78 is 46.2. The van der Waals surface area contributed by atoms with Crippen LogP contribution in [0.15, 0.2) is 29.2 Å². The van der Waals surface area contributed by atoms with Gasteiger partial charge in [0.15, 0.2) is 0 Å². The minimum absolute atomic E-state index is 0.191. The topological polar surface area (TPSA) is 96.0 Å². The lowest BCUT2D eigenvalue weighted by Gasteiger charge is -2.28. The van der Waals surface area contributed by atoms with E-state index in [2.05, 4.69) is 4.72 Å². The summed E-state index contributed by atoms with van der Waals surface area (Å²) >= 11 is 0. The third-order valence-corrected chi connectivity index (χ3v) is 5.27. The maximum atomic E-state index is 13.9. The minimum atomic E-state index is -4.26. The average Bonchev–Trinajstić information content (AvgIpc) is 2.55. The summed E-state index contributed by atoms with van der Waals surface area (Å²) in [4.78, 5) is 27.5. The van der Waals surface area contributed by atoms with Gasteiger partial charge in [0.2, 0.25) is 15.9 Å². The van der Waals surface area contributed by atoms with Crippen molar-refractivity contribution in [1.82, 2.24) is 14.5 Å². The molecule has 1 N–H and O–H groups in total. The molecule has 0 fully saturated rings. The summed E-state index contributed by atoms with van der Waals surface area (Å²) in [5, 5.41) is 0. The molecule has 10 heteroatoms. The zero-order chi connectivity index (χ0) is 22.4. The Balaban J connectivity index is 2.96. The van der Waals surface area contributed by atoms with Crippen molar-refractivity contribution >= 4 is 21.9 Å². The Morgan fingerprint density at radius 2 is 1.76 bits per heavy atom. The van der Waals surface area contributed by atoms with Crippen LogP contribution in [0.5, 0.6) is 0 Å². The maximum Gasteiger partial charge on any atom is 0.326 e. The second-order valence-corrected chi connectivity index (χ2v) is 9.61. The van der Waals surface area contributed by atoms with Gasteiger partial charge in [-0.3, -0.25) is 9.59 Å². The first-order valence-corrected chi connectivity index (χ1v) is 10.6. The lowest BCUT2D eigenvalue weighted by atomic mass is 10.2. The number of sulfonamides is 1. The van der Waals surface area contributed by atoms with Crippen LogP contribution in [0, 0.1) is 5.82 Å². The van der Waals surface area contributed by atoms with Crippen molar-refractivity contribution in [2.45, 2.75) is 44.2 Å². The molecule has 0 aromatic heterocycles. The highest BCUT2D eigenvalue weighted by atomic mass is 32.2. The summed E-state index contributed by atoms with van der Waals surface area (Å²) in [5.41, 5.74) is -0.717. The van der Waals surface area contributed by atoms with Crippen LogP contribution >= 0.6 is 0 Å². The van der Waals surface area contributed by atoms with Crippen LogP contribution in [0.3, 0.4) is 0 Å². The van der Waals surface area contributed by atoms with E-state index in [4.69, 9.17) is 4.74 Å². The number of esters is 1. The van der Waals surface area contributed by atoms with E-state index in [-0.39, 0.29) is 13.1 Å². The van der Waals surface area contributed by atoms with Gasteiger partial charge in [-0.05, 0) is 53.9 Å². The number of rotatable bonds is 9. The van der Waals surface area contributed by atoms with Gasteiger partial charge in [0.25, 0.3) is 0 Å². The number of nitrogens with zero attached hydrogens (tertiary/aromatic N) is 2. The number of hydrogen-bond acceptors (Lipinski definition) is 6. The van der Waals surface area contributed by atoms with Crippen molar-refractivity contribution in [3.8, 4) is 0 Å². The van der Waals surface area contributed by atoms with Crippen molar-refractivity contribution in [3.05, 3.63) is 30.1 Å². The van der Waals surface area contributed by atoms with Gasteiger partial charge in [0.05, 0.1) is 6.04 Å². The average molecular weight is 432 g/mol. The molecule has 0 radical (unpaired) electrons. The summed E-state index contributed by atoms with van der Waals surface area (Å²) in [7, 11) is -0.644. The molecule has 0 heterocycles. The van der Waals surface area contributed by atoms with Crippen LogP contribution in [0.1, 0.15) is 27.7 Å². The molecule has 1 atom stereocenters. The van der Waals surface area contributed by atoms with Crippen LogP contribution in [-0.4, -0.2) is 75.5 Å². The molecular formula is C19H30FN3O5S. The maximum absolute atomic E-state index is 13.9. The van der Waals surface area contributed by atoms with E-state index in [0.29, 0.717) is 6.54 Å². The quantitative estimate of drug-likeness (QED) is 0.591. The van der Waals surface area contributed by atoms with E-state index in [9.17, 15) is 22.4 Å². The van der Waals surface area contributed by atoms with Crippen LogP contribution in [-0.2, 0) is 24.3 Å². The monoisotopic (exact) mass is 431 g/mol. The zero-order valence-electron chi connectivity index (χ0n) is 17.7. The number of nitrogens with one attached hydrogen (secondary N) is 1. The first-order valence-electron chi connectivity index (χ1n) is 9.15. The SMILES string of the molecule is C[C@H](NS(=O)(=O)c1ccccc1F)C(=O)N(CCN(C)C)CC(=O)OC(C)(C)C. The molecule has 0 saturated heterocycles. The first kappa shape index (κ1) is 25.0. The summed E-state index contributed by atoms with van der Waals surface area (Å²) in [6.07, 6.45) is 0.